The Morgan fingerprint density at radius 2 is 1.70 bits per heavy atom. The topological polar surface area (TPSA) is 103 Å². The van der Waals surface area contributed by atoms with Crippen molar-refractivity contribution in [3.8, 4) is 11.5 Å². The van der Waals surface area contributed by atoms with Crippen LogP contribution in [0.2, 0.25) is 0 Å². The van der Waals surface area contributed by atoms with E-state index >= 15 is 0 Å². The number of rotatable bonds is 8. The lowest BCUT2D eigenvalue weighted by atomic mass is 10.2. The summed E-state index contributed by atoms with van der Waals surface area (Å²) in [6.45, 7) is 1.73. The van der Waals surface area contributed by atoms with Crippen molar-refractivity contribution in [3.05, 3.63) is 18.2 Å². The zero-order chi connectivity index (χ0) is 16.5. The zero-order valence-corrected chi connectivity index (χ0v) is 14.4. The molecule has 0 fully saturated rings. The second-order valence-electron chi connectivity index (χ2n) is 4.94. The number of anilines is 1. The first-order valence-electron chi connectivity index (χ1n) is 6.99. The molecular formula is C15H24ClN3O4. The predicted molar refractivity (Wildman–Crippen MR) is 91.3 cm³/mol. The molecule has 0 aliphatic rings. The van der Waals surface area contributed by atoms with Crippen molar-refractivity contribution in [2.24, 2.45) is 5.73 Å². The molecule has 1 unspecified atom stereocenters. The molecule has 0 aromatic heterocycles. The molecule has 23 heavy (non-hydrogen) atoms. The first-order chi connectivity index (χ1) is 10.4. The Morgan fingerprint density at radius 1 is 1.13 bits per heavy atom. The molecule has 0 spiro atoms. The van der Waals surface area contributed by atoms with Gasteiger partial charge in [0, 0.05) is 36.3 Å². The maximum absolute atomic E-state index is 11.8. The first-order valence-corrected chi connectivity index (χ1v) is 6.99. The molecule has 0 saturated carbocycles. The van der Waals surface area contributed by atoms with E-state index in [1.165, 1.54) is 14.2 Å². The molecule has 2 amide bonds. The van der Waals surface area contributed by atoms with E-state index in [-0.39, 0.29) is 36.8 Å². The van der Waals surface area contributed by atoms with E-state index in [0.717, 1.165) is 0 Å². The second kappa shape index (κ2) is 10.7. The molecule has 0 aliphatic carbocycles. The van der Waals surface area contributed by atoms with Crippen LogP contribution in [-0.4, -0.2) is 38.6 Å². The molecule has 4 N–H and O–H groups in total. The van der Waals surface area contributed by atoms with Crippen LogP contribution in [-0.2, 0) is 9.59 Å². The Hall–Kier alpha value is -1.99. The lowest BCUT2D eigenvalue weighted by molar-refractivity contribution is -0.124. The van der Waals surface area contributed by atoms with Crippen LogP contribution in [0.5, 0.6) is 11.5 Å². The summed E-state index contributed by atoms with van der Waals surface area (Å²) in [5.74, 6) is 0.603. The van der Waals surface area contributed by atoms with Crippen LogP contribution >= 0.6 is 12.4 Å². The molecule has 0 bridgehead atoms. The summed E-state index contributed by atoms with van der Waals surface area (Å²) >= 11 is 0. The summed E-state index contributed by atoms with van der Waals surface area (Å²) in [5.41, 5.74) is 6.10. The molecule has 1 atom stereocenters. The largest absolute Gasteiger partial charge is 0.497 e. The van der Waals surface area contributed by atoms with Gasteiger partial charge in [-0.05, 0) is 13.3 Å². The third-order valence-corrected chi connectivity index (χ3v) is 2.91. The van der Waals surface area contributed by atoms with E-state index in [4.69, 9.17) is 15.2 Å². The molecule has 1 rings (SSSR count). The van der Waals surface area contributed by atoms with Crippen molar-refractivity contribution in [2.45, 2.75) is 25.8 Å². The second-order valence-corrected chi connectivity index (χ2v) is 4.94. The summed E-state index contributed by atoms with van der Waals surface area (Å²) in [6, 6.07) is 4.99. The molecule has 7 nitrogen and oxygen atoms in total. The summed E-state index contributed by atoms with van der Waals surface area (Å²) < 4.78 is 10.2. The van der Waals surface area contributed by atoms with E-state index in [1.54, 1.807) is 18.2 Å². The van der Waals surface area contributed by atoms with Gasteiger partial charge in [0.2, 0.25) is 11.8 Å². The fourth-order valence-electron chi connectivity index (χ4n) is 1.71. The normalized spacial score (nSPS) is 11.0. The van der Waals surface area contributed by atoms with Gasteiger partial charge >= 0.3 is 0 Å². The summed E-state index contributed by atoms with van der Waals surface area (Å²) in [5, 5.41) is 5.22. The fraction of sp³-hybridized carbons (Fsp3) is 0.467. The zero-order valence-electron chi connectivity index (χ0n) is 13.5. The van der Waals surface area contributed by atoms with E-state index in [1.807, 2.05) is 6.92 Å². The molecule has 0 saturated heterocycles. The Kier molecular flexibility index (Phi) is 9.76. The standard InChI is InChI=1S/C15H23N3O4.ClH/c1-10(16)4-5-14(19)17-9-15(20)18-11-6-12(21-2)8-13(7-11)22-3;/h6-8,10H,4-5,9,16H2,1-3H3,(H,17,19)(H,18,20);1H. The van der Waals surface area contributed by atoms with Crippen LogP contribution < -0.4 is 25.8 Å². The minimum atomic E-state index is -0.329. The molecule has 0 aliphatic heterocycles. The summed E-state index contributed by atoms with van der Waals surface area (Å²) in [7, 11) is 3.05. The van der Waals surface area contributed by atoms with E-state index < -0.39 is 0 Å². The highest BCUT2D eigenvalue weighted by molar-refractivity contribution is 5.94. The number of benzene rings is 1. The number of hydrogen-bond donors (Lipinski definition) is 3. The number of nitrogens with one attached hydrogen (secondary N) is 2. The summed E-state index contributed by atoms with van der Waals surface area (Å²) in [4.78, 5) is 23.3. The number of nitrogens with two attached hydrogens (primary N) is 1. The van der Waals surface area contributed by atoms with Gasteiger partial charge in [0.1, 0.15) is 11.5 Å². The monoisotopic (exact) mass is 345 g/mol. The number of hydrogen-bond acceptors (Lipinski definition) is 5. The van der Waals surface area contributed by atoms with Crippen molar-refractivity contribution >= 4 is 29.9 Å². The van der Waals surface area contributed by atoms with Crippen molar-refractivity contribution in [1.29, 1.82) is 0 Å². The SMILES string of the molecule is COc1cc(NC(=O)CNC(=O)CCC(C)N)cc(OC)c1.Cl. The van der Waals surface area contributed by atoms with Gasteiger partial charge in [-0.25, -0.2) is 0 Å². The molecule has 0 radical (unpaired) electrons. The highest BCUT2D eigenvalue weighted by Crippen LogP contribution is 2.25. The van der Waals surface area contributed by atoms with E-state index in [9.17, 15) is 9.59 Å². The van der Waals surface area contributed by atoms with Gasteiger partial charge in [0.25, 0.3) is 0 Å². The maximum atomic E-state index is 11.8. The van der Waals surface area contributed by atoms with Crippen LogP contribution in [0.4, 0.5) is 5.69 Å². The van der Waals surface area contributed by atoms with Gasteiger partial charge in [-0.15, -0.1) is 12.4 Å². The van der Waals surface area contributed by atoms with Gasteiger partial charge in [-0.3, -0.25) is 9.59 Å². The number of carbonyl (C=O) groups excluding carboxylic acids is 2. The minimum absolute atomic E-state index is 0. The van der Waals surface area contributed by atoms with Crippen LogP contribution in [0.1, 0.15) is 19.8 Å². The van der Waals surface area contributed by atoms with Gasteiger partial charge in [0.05, 0.1) is 20.8 Å². The molecule has 0 heterocycles. The number of carbonyl (C=O) groups is 2. The number of ether oxygens (including phenoxy) is 2. The minimum Gasteiger partial charge on any atom is -0.497 e. The third-order valence-electron chi connectivity index (χ3n) is 2.91. The van der Waals surface area contributed by atoms with Crippen molar-refractivity contribution < 1.29 is 19.1 Å². The predicted octanol–water partition coefficient (Wildman–Crippen LogP) is 1.31. The molecular weight excluding hydrogens is 322 g/mol. The molecule has 1 aromatic carbocycles. The van der Waals surface area contributed by atoms with Crippen LogP contribution in [0, 0.1) is 0 Å². The van der Waals surface area contributed by atoms with Crippen LogP contribution in [0.25, 0.3) is 0 Å². The molecule has 8 heteroatoms. The highest BCUT2D eigenvalue weighted by Gasteiger charge is 2.08. The quantitative estimate of drug-likeness (QED) is 0.659. The maximum Gasteiger partial charge on any atom is 0.243 e. The Morgan fingerprint density at radius 3 is 2.17 bits per heavy atom. The van der Waals surface area contributed by atoms with Gasteiger partial charge in [0.15, 0.2) is 0 Å². The molecule has 1 aromatic rings. The molecule has 130 valence electrons. The van der Waals surface area contributed by atoms with Crippen molar-refractivity contribution in [3.63, 3.8) is 0 Å². The average molecular weight is 346 g/mol. The lowest BCUT2D eigenvalue weighted by Crippen LogP contribution is -2.33. The highest BCUT2D eigenvalue weighted by atomic mass is 35.5. The smallest absolute Gasteiger partial charge is 0.243 e. The van der Waals surface area contributed by atoms with Crippen molar-refractivity contribution in [2.75, 3.05) is 26.1 Å². The van der Waals surface area contributed by atoms with Crippen molar-refractivity contribution in [1.82, 2.24) is 5.32 Å². The third kappa shape index (κ3) is 8.27. The Balaban J connectivity index is 0.00000484. The van der Waals surface area contributed by atoms with Gasteiger partial charge in [-0.1, -0.05) is 0 Å². The average Bonchev–Trinajstić information content (AvgIpc) is 2.50. The summed E-state index contributed by atoms with van der Waals surface area (Å²) in [6.07, 6.45) is 0.887. The number of methoxy groups -OCH3 is 2. The first kappa shape index (κ1) is 21.0. The van der Waals surface area contributed by atoms with E-state index in [2.05, 4.69) is 10.6 Å². The van der Waals surface area contributed by atoms with Crippen LogP contribution in [0.15, 0.2) is 18.2 Å². The fourth-order valence-corrected chi connectivity index (χ4v) is 1.71. The number of amides is 2. The van der Waals surface area contributed by atoms with Gasteiger partial charge < -0.3 is 25.8 Å². The van der Waals surface area contributed by atoms with Crippen LogP contribution in [0.3, 0.4) is 0 Å². The lowest BCUT2D eigenvalue weighted by Gasteiger charge is -2.10. The Labute approximate surface area is 142 Å². The van der Waals surface area contributed by atoms with Gasteiger partial charge in [-0.2, -0.15) is 0 Å². The number of halogens is 1. The Bertz CT molecular complexity index is 501. The van der Waals surface area contributed by atoms with E-state index in [0.29, 0.717) is 30.0 Å².